The number of hydrogen-bond acceptors (Lipinski definition) is 2. The summed E-state index contributed by atoms with van der Waals surface area (Å²) in [6, 6.07) is 0. The van der Waals surface area contributed by atoms with Crippen LogP contribution in [0.4, 0.5) is 0 Å². The van der Waals surface area contributed by atoms with Crippen molar-refractivity contribution < 1.29 is 10.0 Å². The lowest BCUT2D eigenvalue weighted by Gasteiger charge is -2.14. The van der Waals surface area contributed by atoms with E-state index in [0.29, 0.717) is 0 Å². The van der Waals surface area contributed by atoms with Gasteiger partial charge in [0.15, 0.2) is 0 Å². The second-order valence-corrected chi connectivity index (χ2v) is 2.74. The smallest absolute Gasteiger partial charge is 0.427 e. The summed E-state index contributed by atoms with van der Waals surface area (Å²) in [5, 5.41) is 16.5. The van der Waals surface area contributed by atoms with Crippen LogP contribution in [0.5, 0.6) is 0 Å². The quantitative estimate of drug-likeness (QED) is 0.430. The number of hydrogen-bond donors (Lipinski definition) is 2. The van der Waals surface area contributed by atoms with E-state index in [1.54, 1.807) is 20.8 Å². The molecule has 0 aromatic rings. The second-order valence-electron chi connectivity index (χ2n) is 2.74. The maximum atomic E-state index is 8.44. The molecule has 0 saturated heterocycles. The first-order valence-corrected chi connectivity index (χ1v) is 2.31. The van der Waals surface area contributed by atoms with Crippen molar-refractivity contribution in [3.63, 3.8) is 0 Å². The highest BCUT2D eigenvalue weighted by Gasteiger charge is 2.25. The first-order valence-electron chi connectivity index (χ1n) is 2.31. The summed E-state index contributed by atoms with van der Waals surface area (Å²) in [6.45, 7) is 5.28. The lowest BCUT2D eigenvalue weighted by Crippen LogP contribution is -2.24. The van der Waals surface area contributed by atoms with Crippen LogP contribution in [-0.2, 0) is 0 Å². The summed E-state index contributed by atoms with van der Waals surface area (Å²) >= 11 is 0. The fourth-order valence-corrected chi connectivity index (χ4v) is 0. The van der Waals surface area contributed by atoms with E-state index in [1.807, 2.05) is 0 Å². The highest BCUT2D eigenvalue weighted by atomic mass is 16.4. The zero-order chi connectivity index (χ0) is 6.08. The van der Waals surface area contributed by atoms with Crippen LogP contribution in [0, 0.1) is 0 Å². The van der Waals surface area contributed by atoms with Gasteiger partial charge in [0.25, 0.3) is 0 Å². The molecule has 0 radical (unpaired) electrons. The summed E-state index contributed by atoms with van der Waals surface area (Å²) in [4.78, 5) is 0. The zero-order valence-corrected chi connectivity index (χ0v) is 4.97. The Bertz CT molecular complexity index is 55.2. The Kier molecular flexibility index (Phi) is 1.84. The van der Waals surface area contributed by atoms with Crippen molar-refractivity contribution in [2.24, 2.45) is 0 Å². The van der Waals surface area contributed by atoms with Crippen molar-refractivity contribution in [1.29, 1.82) is 0 Å². The Labute approximate surface area is 44.3 Å². The molecule has 0 aliphatic heterocycles. The van der Waals surface area contributed by atoms with Crippen LogP contribution in [0.25, 0.3) is 0 Å². The van der Waals surface area contributed by atoms with E-state index in [1.165, 1.54) is 0 Å². The molecule has 0 saturated carbocycles. The molecule has 0 aromatic carbocycles. The SMILES string of the molecule is CC(C)(C)B(O)O. The molecule has 0 spiro atoms. The molecule has 0 atom stereocenters. The van der Waals surface area contributed by atoms with Gasteiger partial charge in [-0.05, 0) is 5.31 Å². The van der Waals surface area contributed by atoms with Gasteiger partial charge in [-0.2, -0.15) is 0 Å². The predicted octanol–water partition coefficient (Wildman–Crippen LogP) is 0.259. The molecule has 42 valence electrons. The van der Waals surface area contributed by atoms with Crippen molar-refractivity contribution in [3.8, 4) is 0 Å². The van der Waals surface area contributed by atoms with Gasteiger partial charge >= 0.3 is 7.12 Å². The van der Waals surface area contributed by atoms with E-state index >= 15 is 0 Å². The Morgan fingerprint density at radius 1 is 1.14 bits per heavy atom. The minimum absolute atomic E-state index is 0.389. The summed E-state index contributed by atoms with van der Waals surface area (Å²) in [5.74, 6) is 0. The van der Waals surface area contributed by atoms with Gasteiger partial charge in [0.1, 0.15) is 0 Å². The fourth-order valence-electron chi connectivity index (χ4n) is 0. The van der Waals surface area contributed by atoms with Crippen molar-refractivity contribution >= 4 is 7.12 Å². The molecule has 2 nitrogen and oxygen atoms in total. The van der Waals surface area contributed by atoms with Crippen LogP contribution in [0.1, 0.15) is 20.8 Å². The highest BCUT2D eigenvalue weighted by Crippen LogP contribution is 2.22. The molecule has 0 rings (SSSR count). The lowest BCUT2D eigenvalue weighted by atomic mass is 9.62. The summed E-state index contributed by atoms with van der Waals surface area (Å²) in [6.07, 6.45) is 0. The molecule has 0 aliphatic carbocycles. The van der Waals surface area contributed by atoms with Crippen LogP contribution in [0.2, 0.25) is 5.31 Å². The van der Waals surface area contributed by atoms with Crippen LogP contribution in [0.15, 0.2) is 0 Å². The second kappa shape index (κ2) is 1.84. The molecule has 0 bridgehead atoms. The first-order chi connectivity index (χ1) is 2.94. The van der Waals surface area contributed by atoms with Gasteiger partial charge in [0.05, 0.1) is 0 Å². The van der Waals surface area contributed by atoms with Gasteiger partial charge in [-0.15, -0.1) is 0 Å². The Balaban J connectivity index is 3.54. The topological polar surface area (TPSA) is 40.5 Å². The average Bonchev–Trinajstić information content (AvgIpc) is 1.31. The normalized spacial score (nSPS) is 11.6. The van der Waals surface area contributed by atoms with Crippen molar-refractivity contribution in [2.45, 2.75) is 26.1 Å². The molecule has 0 heterocycles. The maximum absolute atomic E-state index is 8.44. The maximum Gasteiger partial charge on any atom is 0.457 e. The summed E-state index contributed by atoms with van der Waals surface area (Å²) < 4.78 is 0. The zero-order valence-electron chi connectivity index (χ0n) is 4.97. The lowest BCUT2D eigenvalue weighted by molar-refractivity contribution is 0.362. The Morgan fingerprint density at radius 2 is 1.29 bits per heavy atom. The molecular weight excluding hydrogens is 90.9 g/mol. The third-order valence-electron chi connectivity index (χ3n) is 0.775. The molecule has 0 unspecified atom stereocenters. The van der Waals surface area contributed by atoms with Gasteiger partial charge in [0.2, 0.25) is 0 Å². The van der Waals surface area contributed by atoms with Crippen LogP contribution >= 0.6 is 0 Å². The van der Waals surface area contributed by atoms with E-state index < -0.39 is 7.12 Å². The molecule has 0 fully saturated rings. The largest absolute Gasteiger partial charge is 0.457 e. The van der Waals surface area contributed by atoms with Crippen molar-refractivity contribution in [3.05, 3.63) is 0 Å². The van der Waals surface area contributed by atoms with Crippen molar-refractivity contribution in [1.82, 2.24) is 0 Å². The molecule has 0 aliphatic rings. The van der Waals surface area contributed by atoms with E-state index in [9.17, 15) is 0 Å². The molecule has 7 heavy (non-hydrogen) atoms. The molecule has 2 N–H and O–H groups in total. The van der Waals surface area contributed by atoms with E-state index in [2.05, 4.69) is 0 Å². The monoisotopic (exact) mass is 102 g/mol. The number of rotatable bonds is 0. The van der Waals surface area contributed by atoms with Crippen molar-refractivity contribution in [2.75, 3.05) is 0 Å². The molecule has 0 amide bonds. The summed E-state index contributed by atoms with van der Waals surface area (Å²) in [5.41, 5.74) is 0. The Morgan fingerprint density at radius 3 is 1.29 bits per heavy atom. The molecule has 3 heteroatoms. The molecule has 0 aromatic heterocycles. The van der Waals surface area contributed by atoms with Gasteiger partial charge < -0.3 is 10.0 Å². The average molecular weight is 102 g/mol. The van der Waals surface area contributed by atoms with E-state index in [0.717, 1.165) is 0 Å². The van der Waals surface area contributed by atoms with Crippen LogP contribution < -0.4 is 0 Å². The van der Waals surface area contributed by atoms with Gasteiger partial charge in [0, 0.05) is 0 Å². The van der Waals surface area contributed by atoms with Gasteiger partial charge in [-0.1, -0.05) is 20.8 Å². The van der Waals surface area contributed by atoms with E-state index in [-0.39, 0.29) is 5.31 Å². The first kappa shape index (κ1) is 6.98. The third-order valence-corrected chi connectivity index (χ3v) is 0.775. The third kappa shape index (κ3) is 2.65. The standard InChI is InChI=1S/C4H11BO2/c1-4(2,3)5(6)7/h6-7H,1-3H3. The van der Waals surface area contributed by atoms with E-state index in [4.69, 9.17) is 10.0 Å². The fraction of sp³-hybridized carbons (Fsp3) is 1.00. The van der Waals surface area contributed by atoms with Crippen LogP contribution in [-0.4, -0.2) is 17.2 Å². The van der Waals surface area contributed by atoms with Crippen LogP contribution in [0.3, 0.4) is 0 Å². The Hall–Kier alpha value is -0.0151. The minimum Gasteiger partial charge on any atom is -0.427 e. The van der Waals surface area contributed by atoms with Gasteiger partial charge in [-0.3, -0.25) is 0 Å². The highest BCUT2D eigenvalue weighted by molar-refractivity contribution is 6.45. The molecular formula is C4H11BO2. The summed E-state index contributed by atoms with van der Waals surface area (Å²) in [7, 11) is -1.20. The van der Waals surface area contributed by atoms with Gasteiger partial charge in [-0.25, -0.2) is 0 Å². The minimum atomic E-state index is -1.20. The predicted molar refractivity (Wildman–Crippen MR) is 29.9 cm³/mol.